The van der Waals surface area contributed by atoms with E-state index in [-0.39, 0.29) is 29.5 Å². The van der Waals surface area contributed by atoms with Crippen LogP contribution in [0.2, 0.25) is 0 Å². The molecule has 1 aromatic carbocycles. The summed E-state index contributed by atoms with van der Waals surface area (Å²) in [7, 11) is 1.46. The number of piperidine rings is 1. The number of nitriles is 1. The minimum absolute atomic E-state index is 0.0997. The number of nitrogens with zero attached hydrogens (tertiary/aromatic N) is 1. The summed E-state index contributed by atoms with van der Waals surface area (Å²) in [5.41, 5.74) is 0.241. The fraction of sp³-hybridized carbons (Fsp3) is 0.500. The van der Waals surface area contributed by atoms with Crippen LogP contribution in [-0.2, 0) is 9.59 Å². The van der Waals surface area contributed by atoms with Gasteiger partial charge in [0.25, 0.3) is 5.91 Å². The Kier molecular flexibility index (Phi) is 7.01. The lowest BCUT2D eigenvalue weighted by atomic mass is 9.92. The topological polar surface area (TPSA) is 136 Å². The number of hydrogen-bond acceptors (Lipinski definition) is 5. The minimum Gasteiger partial charge on any atom is -0.496 e. The molecule has 2 aromatic rings. The number of halogens is 1. The van der Waals surface area contributed by atoms with Crippen LogP contribution in [-0.4, -0.2) is 48.4 Å². The van der Waals surface area contributed by atoms with Crippen LogP contribution in [0.5, 0.6) is 5.75 Å². The molecule has 3 unspecified atom stereocenters. The average molecular weight is 470 g/mol. The second-order valence-corrected chi connectivity index (χ2v) is 8.98. The molecule has 0 bridgehead atoms. The second kappa shape index (κ2) is 10.1. The number of aromatic amines is 1. The van der Waals surface area contributed by atoms with E-state index in [4.69, 9.17) is 4.74 Å². The Bertz CT molecular complexity index is 1140. The third-order valence-electron chi connectivity index (χ3n) is 6.45. The fourth-order valence-corrected chi connectivity index (χ4v) is 4.38. The van der Waals surface area contributed by atoms with Gasteiger partial charge < -0.3 is 25.7 Å². The highest BCUT2D eigenvalue weighted by Crippen LogP contribution is 2.34. The Hall–Kier alpha value is -3.61. The molecule has 34 heavy (non-hydrogen) atoms. The molecule has 0 radical (unpaired) electrons. The molecule has 1 aliphatic carbocycles. The van der Waals surface area contributed by atoms with Crippen molar-refractivity contribution in [3.63, 3.8) is 0 Å². The first-order valence-electron chi connectivity index (χ1n) is 11.5. The Morgan fingerprint density at radius 1 is 1.26 bits per heavy atom. The first kappa shape index (κ1) is 23.5. The normalized spacial score (nSPS) is 19.6. The van der Waals surface area contributed by atoms with Crippen molar-refractivity contribution in [1.82, 2.24) is 20.9 Å². The number of carbonyl (C=O) groups is 3. The van der Waals surface area contributed by atoms with Crippen molar-refractivity contribution in [3.05, 3.63) is 29.7 Å². The van der Waals surface area contributed by atoms with Crippen molar-refractivity contribution >= 4 is 28.6 Å². The standard InChI is InChI=1S/C24H28FN5O4/c1-34-20-7-6-17(25)21-16(20)11-19(29-21)24(33)30-18(9-13-4-5-13)23(32)28-15(12-26)10-14-3-2-8-27-22(14)31/h6-7,11,13-15,18,29H,2-5,8-10H2,1H3,(H,27,31)(H,28,32)(H,30,33). The number of H-pyrrole nitrogens is 1. The molecule has 2 aliphatic rings. The smallest absolute Gasteiger partial charge is 0.268 e. The van der Waals surface area contributed by atoms with E-state index in [1.807, 2.05) is 0 Å². The molecule has 1 saturated carbocycles. The SMILES string of the molecule is COc1ccc(F)c2[nH]c(C(=O)NC(CC3CC3)C(=O)NC(C#N)CC3CCCNC3=O)cc12. The predicted molar refractivity (Wildman–Crippen MR) is 121 cm³/mol. The highest BCUT2D eigenvalue weighted by Gasteiger charge is 2.33. The van der Waals surface area contributed by atoms with Gasteiger partial charge in [-0.1, -0.05) is 12.8 Å². The van der Waals surface area contributed by atoms with E-state index in [0.29, 0.717) is 36.4 Å². The van der Waals surface area contributed by atoms with Crippen LogP contribution >= 0.6 is 0 Å². The molecule has 0 spiro atoms. The van der Waals surface area contributed by atoms with Crippen molar-refractivity contribution in [3.8, 4) is 11.8 Å². The van der Waals surface area contributed by atoms with Gasteiger partial charge in [0.15, 0.2) is 0 Å². The van der Waals surface area contributed by atoms with Crippen molar-refractivity contribution in [2.24, 2.45) is 11.8 Å². The number of methoxy groups -OCH3 is 1. The van der Waals surface area contributed by atoms with Crippen molar-refractivity contribution in [1.29, 1.82) is 5.26 Å². The van der Waals surface area contributed by atoms with Gasteiger partial charge in [0, 0.05) is 17.8 Å². The number of ether oxygens (including phenoxy) is 1. The van der Waals surface area contributed by atoms with Crippen molar-refractivity contribution in [2.45, 2.75) is 50.6 Å². The van der Waals surface area contributed by atoms with Crippen LogP contribution in [0.3, 0.4) is 0 Å². The number of rotatable bonds is 9. The Labute approximate surface area is 196 Å². The minimum atomic E-state index is -0.853. The number of carbonyl (C=O) groups excluding carboxylic acids is 3. The summed E-state index contributed by atoms with van der Waals surface area (Å²) in [6.07, 6.45) is 4.11. The molecule has 9 nitrogen and oxygen atoms in total. The number of nitrogens with one attached hydrogen (secondary N) is 4. The van der Waals surface area contributed by atoms with Gasteiger partial charge >= 0.3 is 0 Å². The van der Waals surface area contributed by atoms with E-state index in [1.54, 1.807) is 0 Å². The molecular weight excluding hydrogens is 441 g/mol. The van der Waals surface area contributed by atoms with Gasteiger partial charge in [-0.15, -0.1) is 0 Å². The fourth-order valence-electron chi connectivity index (χ4n) is 4.38. The number of hydrogen-bond donors (Lipinski definition) is 4. The van der Waals surface area contributed by atoms with Gasteiger partial charge in [-0.25, -0.2) is 4.39 Å². The predicted octanol–water partition coefficient (Wildman–Crippen LogP) is 2.14. The molecule has 2 heterocycles. The van der Waals surface area contributed by atoms with Crippen LogP contribution in [0.4, 0.5) is 4.39 Å². The number of amides is 3. The van der Waals surface area contributed by atoms with E-state index in [2.05, 4.69) is 27.0 Å². The molecule has 1 aromatic heterocycles. The maximum Gasteiger partial charge on any atom is 0.268 e. The zero-order chi connectivity index (χ0) is 24.2. The van der Waals surface area contributed by atoms with Crippen molar-refractivity contribution in [2.75, 3.05) is 13.7 Å². The Morgan fingerprint density at radius 3 is 2.74 bits per heavy atom. The summed E-state index contributed by atoms with van der Waals surface area (Å²) in [4.78, 5) is 40.8. The average Bonchev–Trinajstić information content (AvgIpc) is 3.53. The highest BCUT2D eigenvalue weighted by atomic mass is 19.1. The van der Waals surface area contributed by atoms with E-state index in [1.165, 1.54) is 25.3 Å². The first-order valence-corrected chi connectivity index (χ1v) is 11.5. The lowest BCUT2D eigenvalue weighted by Crippen LogP contribution is -2.50. The van der Waals surface area contributed by atoms with Gasteiger partial charge in [-0.3, -0.25) is 14.4 Å². The van der Waals surface area contributed by atoms with Gasteiger partial charge in [-0.05, 0) is 49.8 Å². The van der Waals surface area contributed by atoms with Crippen molar-refractivity contribution < 1.29 is 23.5 Å². The molecule has 1 aliphatic heterocycles. The number of aromatic nitrogens is 1. The van der Waals surface area contributed by atoms with Crippen LogP contribution in [0, 0.1) is 29.0 Å². The summed E-state index contributed by atoms with van der Waals surface area (Å²) in [6.45, 7) is 0.623. The highest BCUT2D eigenvalue weighted by molar-refractivity contribution is 6.01. The first-order chi connectivity index (χ1) is 16.4. The molecule has 3 atom stereocenters. The molecular formula is C24H28FN5O4. The van der Waals surface area contributed by atoms with E-state index >= 15 is 0 Å². The van der Waals surface area contributed by atoms with E-state index < -0.39 is 29.7 Å². The third kappa shape index (κ3) is 5.30. The Morgan fingerprint density at radius 2 is 2.06 bits per heavy atom. The summed E-state index contributed by atoms with van der Waals surface area (Å²) in [5, 5.41) is 18.2. The number of fused-ring (bicyclic) bond motifs is 1. The lowest BCUT2D eigenvalue weighted by molar-refractivity contribution is -0.128. The Balaban J connectivity index is 1.46. The summed E-state index contributed by atoms with van der Waals surface area (Å²) in [5.74, 6) is -1.24. The van der Waals surface area contributed by atoms with E-state index in [0.717, 1.165) is 19.3 Å². The van der Waals surface area contributed by atoms with Crippen LogP contribution in [0.25, 0.3) is 10.9 Å². The molecule has 4 N–H and O–H groups in total. The van der Waals surface area contributed by atoms with Gasteiger partial charge in [-0.2, -0.15) is 5.26 Å². The molecule has 1 saturated heterocycles. The van der Waals surface area contributed by atoms with Gasteiger partial charge in [0.2, 0.25) is 11.8 Å². The molecule has 2 fully saturated rings. The van der Waals surface area contributed by atoms with E-state index in [9.17, 15) is 24.0 Å². The van der Waals surface area contributed by atoms with Crippen LogP contribution < -0.4 is 20.7 Å². The molecule has 10 heteroatoms. The lowest BCUT2D eigenvalue weighted by Gasteiger charge is -2.25. The van der Waals surface area contributed by atoms with Crippen LogP contribution in [0.15, 0.2) is 18.2 Å². The molecule has 4 rings (SSSR count). The largest absolute Gasteiger partial charge is 0.496 e. The molecule has 3 amide bonds. The summed E-state index contributed by atoms with van der Waals surface area (Å²) >= 11 is 0. The second-order valence-electron chi connectivity index (χ2n) is 8.98. The van der Waals surface area contributed by atoms with Gasteiger partial charge in [0.05, 0.1) is 18.7 Å². The summed E-state index contributed by atoms with van der Waals surface area (Å²) < 4.78 is 19.5. The maximum atomic E-state index is 14.2. The number of benzene rings is 1. The zero-order valence-electron chi connectivity index (χ0n) is 18.9. The molecule has 180 valence electrons. The van der Waals surface area contributed by atoms with Gasteiger partial charge in [0.1, 0.15) is 29.3 Å². The quantitative estimate of drug-likeness (QED) is 0.446. The summed E-state index contributed by atoms with van der Waals surface area (Å²) in [6, 6.07) is 4.58. The maximum absolute atomic E-state index is 14.2. The van der Waals surface area contributed by atoms with Crippen LogP contribution in [0.1, 0.15) is 49.0 Å². The third-order valence-corrected chi connectivity index (χ3v) is 6.45. The zero-order valence-corrected chi connectivity index (χ0v) is 18.9. The monoisotopic (exact) mass is 469 g/mol.